The fourth-order valence-corrected chi connectivity index (χ4v) is 5.31. The van der Waals surface area contributed by atoms with Gasteiger partial charge >= 0.3 is 5.97 Å². The molecular weight excluding hydrogens is 514 g/mol. The summed E-state index contributed by atoms with van der Waals surface area (Å²) >= 11 is 10.8. The zero-order valence-corrected chi connectivity index (χ0v) is 21.3. The van der Waals surface area contributed by atoms with Crippen molar-refractivity contribution < 1.29 is 19.1 Å². The minimum Gasteiger partial charge on any atom is -0.483 e. The van der Waals surface area contributed by atoms with Crippen molar-refractivity contribution in [3.63, 3.8) is 0 Å². The van der Waals surface area contributed by atoms with E-state index in [9.17, 15) is 9.59 Å². The number of esters is 1. The lowest BCUT2D eigenvalue weighted by Crippen LogP contribution is -2.21. The molecule has 1 N–H and O–H groups in total. The second-order valence-corrected chi connectivity index (χ2v) is 9.75. The van der Waals surface area contributed by atoms with E-state index in [1.165, 1.54) is 11.3 Å². The summed E-state index contributed by atoms with van der Waals surface area (Å²) < 4.78 is 12.0. The fraction of sp³-hybridized carbons (Fsp3) is 0.250. The molecule has 1 aromatic heterocycles. The monoisotopic (exact) mass is 535 g/mol. The number of nitrogens with one attached hydrogen (secondary N) is 1. The molecule has 0 atom stereocenters. The van der Waals surface area contributed by atoms with Crippen LogP contribution in [0.3, 0.4) is 0 Å². The first-order valence-electron chi connectivity index (χ1n) is 9.97. The van der Waals surface area contributed by atoms with Crippen LogP contribution in [0, 0.1) is 20.8 Å². The highest BCUT2D eigenvalue weighted by molar-refractivity contribution is 9.10. The van der Waals surface area contributed by atoms with Gasteiger partial charge in [0.15, 0.2) is 6.61 Å². The molecule has 1 amide bonds. The molecule has 0 saturated carbocycles. The van der Waals surface area contributed by atoms with Crippen LogP contribution >= 0.6 is 38.9 Å². The molecule has 8 heteroatoms. The molecule has 0 bridgehead atoms. The zero-order chi connectivity index (χ0) is 23.4. The van der Waals surface area contributed by atoms with E-state index < -0.39 is 5.97 Å². The molecule has 0 aliphatic rings. The number of amides is 1. The molecule has 2 aromatic carbocycles. The van der Waals surface area contributed by atoms with Crippen molar-refractivity contribution in [1.82, 2.24) is 0 Å². The van der Waals surface area contributed by atoms with Gasteiger partial charge in [-0.1, -0.05) is 39.7 Å². The Balaban J connectivity index is 1.87. The van der Waals surface area contributed by atoms with E-state index in [1.807, 2.05) is 45.0 Å². The van der Waals surface area contributed by atoms with E-state index in [1.54, 1.807) is 19.1 Å². The van der Waals surface area contributed by atoms with Crippen LogP contribution in [-0.2, 0) is 9.53 Å². The number of benzene rings is 2. The highest BCUT2D eigenvalue weighted by atomic mass is 79.9. The Kier molecular flexibility index (Phi) is 7.98. The van der Waals surface area contributed by atoms with Crippen LogP contribution in [0.5, 0.6) is 5.75 Å². The zero-order valence-electron chi connectivity index (χ0n) is 18.2. The summed E-state index contributed by atoms with van der Waals surface area (Å²) in [5.74, 6) is -0.183. The molecule has 0 aliphatic carbocycles. The first-order valence-corrected chi connectivity index (χ1v) is 12.0. The standard InChI is InChI=1S/C24H23BrClNO4S/c1-5-30-24(29)21-20(16-6-8-18(26)9-7-16)15(4)32-23(21)27-19(28)12-31-22-13(2)10-17(25)11-14(22)3/h6-11H,5,12H2,1-4H3,(H,27,28). The quantitative estimate of drug-likeness (QED) is 0.332. The number of thiophene rings is 1. The maximum atomic E-state index is 12.8. The molecular formula is C24H23BrClNO4S. The van der Waals surface area contributed by atoms with Gasteiger partial charge in [-0.15, -0.1) is 11.3 Å². The number of aryl methyl sites for hydroxylation is 3. The second kappa shape index (κ2) is 10.5. The SMILES string of the molecule is CCOC(=O)c1c(NC(=O)COc2c(C)cc(Br)cc2C)sc(C)c1-c1ccc(Cl)cc1. The van der Waals surface area contributed by atoms with Crippen LogP contribution in [0.1, 0.15) is 33.3 Å². The predicted molar refractivity (Wildman–Crippen MR) is 133 cm³/mol. The number of halogens is 2. The third kappa shape index (κ3) is 5.52. The van der Waals surface area contributed by atoms with Gasteiger partial charge in [0.05, 0.1) is 6.61 Å². The lowest BCUT2D eigenvalue weighted by atomic mass is 10.0. The third-order valence-corrected chi connectivity index (χ3v) is 6.45. The minimum atomic E-state index is -0.488. The molecule has 5 nitrogen and oxygen atoms in total. The lowest BCUT2D eigenvalue weighted by Gasteiger charge is -2.13. The Labute approximate surface area is 204 Å². The maximum Gasteiger partial charge on any atom is 0.341 e. The molecule has 0 unspecified atom stereocenters. The Hall–Kier alpha value is -2.35. The van der Waals surface area contributed by atoms with E-state index in [0.717, 1.165) is 31.6 Å². The van der Waals surface area contributed by atoms with Crippen molar-refractivity contribution in [3.8, 4) is 16.9 Å². The van der Waals surface area contributed by atoms with Crippen molar-refractivity contribution in [2.45, 2.75) is 27.7 Å². The number of ether oxygens (including phenoxy) is 2. The number of hydrogen-bond donors (Lipinski definition) is 1. The maximum absolute atomic E-state index is 12.8. The lowest BCUT2D eigenvalue weighted by molar-refractivity contribution is -0.118. The number of hydrogen-bond acceptors (Lipinski definition) is 5. The molecule has 0 aliphatic heterocycles. The van der Waals surface area contributed by atoms with E-state index in [-0.39, 0.29) is 19.1 Å². The molecule has 0 radical (unpaired) electrons. The van der Waals surface area contributed by atoms with E-state index in [4.69, 9.17) is 21.1 Å². The summed E-state index contributed by atoms with van der Waals surface area (Å²) in [7, 11) is 0. The topological polar surface area (TPSA) is 64.6 Å². The highest BCUT2D eigenvalue weighted by Gasteiger charge is 2.25. The second-order valence-electron chi connectivity index (χ2n) is 7.17. The van der Waals surface area contributed by atoms with Crippen LogP contribution in [0.15, 0.2) is 40.9 Å². The summed E-state index contributed by atoms with van der Waals surface area (Å²) in [6, 6.07) is 11.1. The summed E-state index contributed by atoms with van der Waals surface area (Å²) in [5, 5.41) is 3.87. The number of anilines is 1. The molecule has 3 aromatic rings. The van der Waals surface area contributed by atoms with E-state index in [0.29, 0.717) is 21.3 Å². The minimum absolute atomic E-state index is 0.182. The Bertz CT molecular complexity index is 1130. The number of rotatable bonds is 7. The molecule has 3 rings (SSSR count). The van der Waals surface area contributed by atoms with Gasteiger partial charge < -0.3 is 14.8 Å². The molecule has 0 spiro atoms. The Morgan fingerprint density at radius 3 is 2.31 bits per heavy atom. The van der Waals surface area contributed by atoms with Gasteiger partial charge in [0.2, 0.25) is 0 Å². The van der Waals surface area contributed by atoms with Crippen LogP contribution in [0.25, 0.3) is 11.1 Å². The van der Waals surface area contributed by atoms with Gasteiger partial charge in [-0.05, 0) is 68.7 Å². The number of carbonyl (C=O) groups is 2. The van der Waals surface area contributed by atoms with Crippen molar-refractivity contribution in [1.29, 1.82) is 0 Å². The normalized spacial score (nSPS) is 10.7. The van der Waals surface area contributed by atoms with Crippen molar-refractivity contribution in [2.24, 2.45) is 0 Å². The van der Waals surface area contributed by atoms with Crippen molar-refractivity contribution in [3.05, 3.63) is 67.5 Å². The third-order valence-electron chi connectivity index (χ3n) is 4.72. The van der Waals surface area contributed by atoms with Crippen LogP contribution < -0.4 is 10.1 Å². The summed E-state index contributed by atoms with van der Waals surface area (Å²) in [6.07, 6.45) is 0. The average Bonchev–Trinajstić information content (AvgIpc) is 3.03. The Morgan fingerprint density at radius 2 is 1.72 bits per heavy atom. The highest BCUT2D eigenvalue weighted by Crippen LogP contribution is 2.40. The van der Waals surface area contributed by atoms with Gasteiger partial charge in [-0.25, -0.2) is 4.79 Å². The van der Waals surface area contributed by atoms with Gasteiger partial charge in [0.1, 0.15) is 16.3 Å². The first kappa shape index (κ1) is 24.3. The molecule has 32 heavy (non-hydrogen) atoms. The van der Waals surface area contributed by atoms with Crippen LogP contribution in [0.4, 0.5) is 5.00 Å². The number of carbonyl (C=O) groups excluding carboxylic acids is 2. The van der Waals surface area contributed by atoms with Gasteiger partial charge in [-0.3, -0.25) is 4.79 Å². The largest absolute Gasteiger partial charge is 0.483 e. The van der Waals surface area contributed by atoms with Gasteiger partial charge in [0.25, 0.3) is 5.91 Å². The molecule has 0 fully saturated rings. The summed E-state index contributed by atoms with van der Waals surface area (Å²) in [6.45, 7) is 7.53. The van der Waals surface area contributed by atoms with Crippen LogP contribution in [0.2, 0.25) is 5.02 Å². The summed E-state index contributed by atoms with van der Waals surface area (Å²) in [5.41, 5.74) is 3.73. The molecule has 0 saturated heterocycles. The predicted octanol–water partition coefficient (Wildman–Crippen LogP) is 6.95. The van der Waals surface area contributed by atoms with Crippen LogP contribution in [-0.4, -0.2) is 25.1 Å². The first-order chi connectivity index (χ1) is 15.2. The van der Waals surface area contributed by atoms with Gasteiger partial charge in [0, 0.05) is 19.9 Å². The average molecular weight is 537 g/mol. The molecule has 1 heterocycles. The Morgan fingerprint density at radius 1 is 1.09 bits per heavy atom. The van der Waals surface area contributed by atoms with Crippen molar-refractivity contribution in [2.75, 3.05) is 18.5 Å². The van der Waals surface area contributed by atoms with E-state index >= 15 is 0 Å². The van der Waals surface area contributed by atoms with Gasteiger partial charge in [-0.2, -0.15) is 0 Å². The van der Waals surface area contributed by atoms with E-state index in [2.05, 4.69) is 21.2 Å². The fourth-order valence-electron chi connectivity index (χ4n) is 3.42. The molecule has 168 valence electrons. The smallest absolute Gasteiger partial charge is 0.341 e. The summed E-state index contributed by atoms with van der Waals surface area (Å²) in [4.78, 5) is 26.4. The van der Waals surface area contributed by atoms with Crippen molar-refractivity contribution >= 4 is 55.7 Å².